The van der Waals surface area contributed by atoms with Gasteiger partial charge in [-0.15, -0.1) is 11.3 Å². The zero-order chi connectivity index (χ0) is 20.4. The number of aromatic nitrogens is 4. The van der Waals surface area contributed by atoms with E-state index in [4.69, 9.17) is 0 Å². The molecule has 2 N–H and O–H groups in total. The van der Waals surface area contributed by atoms with Crippen LogP contribution in [0.5, 0.6) is 0 Å². The van der Waals surface area contributed by atoms with Gasteiger partial charge in [-0.05, 0) is 50.4 Å². The first-order valence-corrected chi connectivity index (χ1v) is 9.98. The Balaban J connectivity index is 1.57. The molecule has 0 fully saturated rings. The fourth-order valence-corrected chi connectivity index (χ4v) is 3.81. The number of aromatic amines is 1. The highest BCUT2D eigenvalue weighted by molar-refractivity contribution is 7.12. The first kappa shape index (κ1) is 18.8. The highest BCUT2D eigenvalue weighted by atomic mass is 32.1. The van der Waals surface area contributed by atoms with Crippen LogP contribution in [0.2, 0.25) is 0 Å². The molecule has 29 heavy (non-hydrogen) atoms. The van der Waals surface area contributed by atoms with E-state index < -0.39 is 0 Å². The summed E-state index contributed by atoms with van der Waals surface area (Å²) in [6.07, 6.45) is 0. The van der Waals surface area contributed by atoms with Crippen molar-refractivity contribution in [3.63, 3.8) is 0 Å². The molecule has 4 aromatic rings. The van der Waals surface area contributed by atoms with Crippen LogP contribution in [0.3, 0.4) is 0 Å². The fourth-order valence-electron chi connectivity index (χ4n) is 3.13. The van der Waals surface area contributed by atoms with E-state index in [0.717, 1.165) is 33.2 Å². The van der Waals surface area contributed by atoms with Gasteiger partial charge in [-0.3, -0.25) is 9.89 Å². The topological polar surface area (TPSA) is 88.0 Å². The van der Waals surface area contributed by atoms with E-state index in [1.54, 1.807) is 17.4 Å². The van der Waals surface area contributed by atoms with Crippen molar-refractivity contribution in [1.82, 2.24) is 25.4 Å². The van der Waals surface area contributed by atoms with Crippen molar-refractivity contribution in [2.24, 2.45) is 5.10 Å². The largest absolute Gasteiger partial charge is 0.289 e. The van der Waals surface area contributed by atoms with Crippen LogP contribution in [-0.2, 0) is 0 Å². The highest BCUT2D eigenvalue weighted by Gasteiger charge is 2.19. The summed E-state index contributed by atoms with van der Waals surface area (Å²) in [6, 6.07) is 15.5. The molecule has 1 amide bonds. The summed E-state index contributed by atoms with van der Waals surface area (Å²) in [5, 5.41) is 17.9. The number of nitrogens with zero attached hydrogens (tertiary/aromatic N) is 4. The molecule has 0 atom stereocenters. The Kier molecular flexibility index (Phi) is 5.09. The fraction of sp³-hybridized carbons (Fsp3) is 0.143. The normalized spacial score (nSPS) is 11.6. The predicted octanol–water partition coefficient (Wildman–Crippen LogP) is 4.09. The van der Waals surface area contributed by atoms with E-state index in [1.165, 1.54) is 0 Å². The average molecular weight is 404 g/mol. The lowest BCUT2D eigenvalue weighted by molar-refractivity contribution is 0.0950. The molecule has 3 aromatic heterocycles. The summed E-state index contributed by atoms with van der Waals surface area (Å²) in [5.41, 5.74) is 8.03. The first-order chi connectivity index (χ1) is 14.0. The van der Waals surface area contributed by atoms with Gasteiger partial charge in [0.1, 0.15) is 5.69 Å². The quantitative estimate of drug-likeness (QED) is 0.388. The van der Waals surface area contributed by atoms with Crippen LogP contribution in [-0.4, -0.2) is 31.6 Å². The lowest BCUT2D eigenvalue weighted by Gasteiger charge is -2.04. The zero-order valence-corrected chi connectivity index (χ0v) is 17.1. The van der Waals surface area contributed by atoms with Gasteiger partial charge >= 0.3 is 0 Å². The maximum absolute atomic E-state index is 12.5. The maximum Gasteiger partial charge on any atom is 0.289 e. The van der Waals surface area contributed by atoms with Crippen LogP contribution in [0.15, 0.2) is 59.0 Å². The molecular formula is C21H20N6OS. The van der Waals surface area contributed by atoms with Crippen LogP contribution < -0.4 is 5.43 Å². The van der Waals surface area contributed by atoms with Crippen molar-refractivity contribution in [2.75, 3.05) is 0 Å². The van der Waals surface area contributed by atoms with Crippen LogP contribution in [0.4, 0.5) is 0 Å². The molecule has 146 valence electrons. The minimum atomic E-state index is -0.342. The first-order valence-electron chi connectivity index (χ1n) is 9.10. The molecule has 0 aliphatic carbocycles. The number of aryl methyl sites for hydroxylation is 1. The van der Waals surface area contributed by atoms with Crippen molar-refractivity contribution >= 4 is 23.0 Å². The lowest BCUT2D eigenvalue weighted by atomic mass is 10.1. The molecule has 0 aliphatic heterocycles. The average Bonchev–Trinajstić information content (AvgIpc) is 3.47. The Morgan fingerprint density at radius 1 is 1.17 bits per heavy atom. The number of H-pyrrole nitrogens is 1. The molecule has 1 aromatic carbocycles. The van der Waals surface area contributed by atoms with E-state index in [2.05, 4.69) is 25.8 Å². The molecule has 0 saturated heterocycles. The molecule has 0 radical (unpaired) electrons. The number of thiophene rings is 1. The number of hydrogen-bond donors (Lipinski definition) is 2. The van der Waals surface area contributed by atoms with E-state index in [9.17, 15) is 4.79 Å². The maximum atomic E-state index is 12.5. The molecule has 0 unspecified atom stereocenters. The molecule has 0 saturated carbocycles. The van der Waals surface area contributed by atoms with Crippen molar-refractivity contribution < 1.29 is 4.79 Å². The zero-order valence-electron chi connectivity index (χ0n) is 16.3. The van der Waals surface area contributed by atoms with Crippen LogP contribution in [0.1, 0.15) is 33.7 Å². The number of amides is 1. The number of rotatable bonds is 5. The van der Waals surface area contributed by atoms with Crippen LogP contribution in [0.25, 0.3) is 16.9 Å². The minimum Gasteiger partial charge on any atom is -0.272 e. The standard InChI is InChI=1S/C21H20N6OS/c1-13(19-10-7-11-29-19)22-25-21(28)18-12-17(23-24-18)20-14(2)26-27(15(20)3)16-8-5-4-6-9-16/h4-12H,1-3H3,(H,23,24)(H,25,28)/b22-13-. The van der Waals surface area contributed by atoms with E-state index >= 15 is 0 Å². The van der Waals surface area contributed by atoms with Gasteiger partial charge in [0.15, 0.2) is 0 Å². The number of para-hydroxylation sites is 1. The summed E-state index contributed by atoms with van der Waals surface area (Å²) < 4.78 is 1.88. The van der Waals surface area contributed by atoms with Gasteiger partial charge in [0.25, 0.3) is 5.91 Å². The lowest BCUT2D eigenvalue weighted by Crippen LogP contribution is -2.19. The summed E-state index contributed by atoms with van der Waals surface area (Å²) in [4.78, 5) is 13.5. The van der Waals surface area contributed by atoms with Gasteiger partial charge in [0.05, 0.1) is 28.5 Å². The number of benzene rings is 1. The van der Waals surface area contributed by atoms with Gasteiger partial charge in [-0.25, -0.2) is 10.1 Å². The third kappa shape index (κ3) is 3.74. The second-order valence-corrected chi connectivity index (χ2v) is 7.52. The second-order valence-electron chi connectivity index (χ2n) is 6.58. The van der Waals surface area contributed by atoms with Crippen molar-refractivity contribution in [1.29, 1.82) is 0 Å². The SMILES string of the molecule is C/C(=N/NC(=O)c1cc(-c2c(C)nn(-c3ccccc3)c2C)n[nH]1)c1cccs1. The van der Waals surface area contributed by atoms with Crippen molar-refractivity contribution in [2.45, 2.75) is 20.8 Å². The summed E-state index contributed by atoms with van der Waals surface area (Å²) in [6.45, 7) is 5.78. The molecule has 0 bridgehead atoms. The second kappa shape index (κ2) is 7.84. The molecule has 0 aliphatic rings. The Bertz CT molecular complexity index is 1170. The number of nitrogens with one attached hydrogen (secondary N) is 2. The Morgan fingerprint density at radius 3 is 2.69 bits per heavy atom. The smallest absolute Gasteiger partial charge is 0.272 e. The Hall–Kier alpha value is -3.52. The highest BCUT2D eigenvalue weighted by Crippen LogP contribution is 2.27. The monoisotopic (exact) mass is 404 g/mol. The van der Waals surface area contributed by atoms with Gasteiger partial charge in [0, 0.05) is 10.4 Å². The van der Waals surface area contributed by atoms with E-state index in [-0.39, 0.29) is 5.91 Å². The predicted molar refractivity (Wildman–Crippen MR) is 115 cm³/mol. The molecule has 4 rings (SSSR count). The third-order valence-corrected chi connectivity index (χ3v) is 5.55. The van der Waals surface area contributed by atoms with Crippen molar-refractivity contribution in [3.8, 4) is 16.9 Å². The Labute approximate surface area is 172 Å². The number of carbonyl (C=O) groups excluding carboxylic acids is 1. The number of hydrazone groups is 1. The summed E-state index contributed by atoms with van der Waals surface area (Å²) >= 11 is 1.57. The van der Waals surface area contributed by atoms with Crippen LogP contribution in [0, 0.1) is 13.8 Å². The molecule has 7 nitrogen and oxygen atoms in total. The van der Waals surface area contributed by atoms with Gasteiger partial charge in [0.2, 0.25) is 0 Å². The Morgan fingerprint density at radius 2 is 1.97 bits per heavy atom. The molecule has 3 heterocycles. The van der Waals surface area contributed by atoms with E-state index in [1.807, 2.05) is 73.3 Å². The van der Waals surface area contributed by atoms with Crippen molar-refractivity contribution in [3.05, 3.63) is 75.9 Å². The van der Waals surface area contributed by atoms with Gasteiger partial charge < -0.3 is 0 Å². The van der Waals surface area contributed by atoms with Gasteiger partial charge in [-0.2, -0.15) is 15.3 Å². The molecular weight excluding hydrogens is 384 g/mol. The number of carbonyl (C=O) groups is 1. The third-order valence-electron chi connectivity index (χ3n) is 4.57. The summed E-state index contributed by atoms with van der Waals surface area (Å²) in [5.74, 6) is -0.342. The number of hydrogen-bond acceptors (Lipinski definition) is 5. The molecule has 0 spiro atoms. The molecule has 8 heteroatoms. The van der Waals surface area contributed by atoms with Gasteiger partial charge in [-0.1, -0.05) is 24.3 Å². The van der Waals surface area contributed by atoms with Crippen LogP contribution >= 0.6 is 11.3 Å². The minimum absolute atomic E-state index is 0.342. The summed E-state index contributed by atoms with van der Waals surface area (Å²) in [7, 11) is 0. The van der Waals surface area contributed by atoms with E-state index in [0.29, 0.717) is 11.4 Å².